The standard InChI is InChI=1S/C15H29N.C15H23N.C14H22N2/c2*1-12(2)15(13-8-4-3-5-9-13)14-10-6-7-11-16-14;1-11(2)14(12-7-3-5-9-15-12)13-8-4-6-10-16-13/h12-16H,3-11H2,1-2H3;3-5,8-9,12,14-16H,6-7,10-11H2,1-2H3;3,5,7,9,11,13-14,16H,4,6,8,10H2,1-2H3. The second kappa shape index (κ2) is 21.5. The molecule has 0 amide bonds. The maximum atomic E-state index is 4.54. The summed E-state index contributed by atoms with van der Waals surface area (Å²) in [6.07, 6.45) is 21.7. The van der Waals surface area contributed by atoms with Crippen molar-refractivity contribution in [2.24, 2.45) is 29.6 Å². The van der Waals surface area contributed by atoms with E-state index in [1.54, 1.807) is 0 Å². The lowest BCUT2D eigenvalue weighted by Gasteiger charge is -2.40. The zero-order valence-electron chi connectivity index (χ0n) is 31.9. The summed E-state index contributed by atoms with van der Waals surface area (Å²) in [6, 6.07) is 19.4. The Kier molecular flexibility index (Phi) is 17.5. The summed E-state index contributed by atoms with van der Waals surface area (Å²) in [5.74, 6) is 5.40. The molecule has 2 aromatic rings. The molecule has 6 rings (SSSR count). The van der Waals surface area contributed by atoms with Crippen molar-refractivity contribution >= 4 is 0 Å². The van der Waals surface area contributed by atoms with Gasteiger partial charge in [0.15, 0.2) is 0 Å². The lowest BCUT2D eigenvalue weighted by molar-refractivity contribution is 0.131. The topological polar surface area (TPSA) is 49.0 Å². The number of benzene rings is 1. The summed E-state index contributed by atoms with van der Waals surface area (Å²) in [5.41, 5.74) is 2.74. The normalized spacial score (nSPS) is 25.7. The van der Waals surface area contributed by atoms with Gasteiger partial charge in [-0.25, -0.2) is 0 Å². The summed E-state index contributed by atoms with van der Waals surface area (Å²) in [4.78, 5) is 4.54. The van der Waals surface area contributed by atoms with Gasteiger partial charge in [-0.2, -0.15) is 0 Å². The Morgan fingerprint density at radius 3 is 1.46 bits per heavy atom. The predicted octanol–water partition coefficient (Wildman–Crippen LogP) is 10.5. The highest BCUT2D eigenvalue weighted by atomic mass is 14.9. The van der Waals surface area contributed by atoms with Crippen LogP contribution >= 0.6 is 0 Å². The zero-order valence-corrected chi connectivity index (χ0v) is 31.9. The maximum absolute atomic E-state index is 4.54. The van der Waals surface area contributed by atoms with E-state index in [-0.39, 0.29) is 0 Å². The Morgan fingerprint density at radius 2 is 1.00 bits per heavy atom. The van der Waals surface area contributed by atoms with Gasteiger partial charge in [-0.05, 0) is 105 Å². The van der Waals surface area contributed by atoms with Crippen LogP contribution in [0.5, 0.6) is 0 Å². The fourth-order valence-electron chi connectivity index (χ4n) is 9.78. The van der Waals surface area contributed by atoms with Gasteiger partial charge in [0.05, 0.1) is 0 Å². The molecule has 1 aromatic heterocycles. The van der Waals surface area contributed by atoms with Gasteiger partial charge in [-0.1, -0.05) is 129 Å². The highest BCUT2D eigenvalue weighted by Crippen LogP contribution is 2.38. The van der Waals surface area contributed by atoms with Crippen LogP contribution in [0.3, 0.4) is 0 Å². The Hall–Kier alpha value is -1.75. The average molecular weight is 659 g/mol. The minimum atomic E-state index is 0.557. The van der Waals surface area contributed by atoms with Gasteiger partial charge in [0.1, 0.15) is 0 Å². The number of piperidine rings is 3. The van der Waals surface area contributed by atoms with Crippen LogP contribution in [0, 0.1) is 29.6 Å². The van der Waals surface area contributed by atoms with E-state index in [0.717, 1.165) is 23.8 Å². The highest BCUT2D eigenvalue weighted by molar-refractivity contribution is 5.22. The monoisotopic (exact) mass is 659 g/mol. The van der Waals surface area contributed by atoms with E-state index < -0.39 is 0 Å². The third-order valence-corrected chi connectivity index (χ3v) is 12.0. The molecule has 6 atom stereocenters. The summed E-state index contributed by atoms with van der Waals surface area (Å²) in [7, 11) is 0. The molecular formula is C44H74N4. The Bertz CT molecular complexity index is 978. The summed E-state index contributed by atoms with van der Waals surface area (Å²) in [6.45, 7) is 17.8. The molecule has 4 heterocycles. The minimum absolute atomic E-state index is 0.557. The van der Waals surface area contributed by atoms with E-state index in [2.05, 4.69) is 105 Å². The first-order chi connectivity index (χ1) is 23.4. The van der Waals surface area contributed by atoms with Crippen molar-refractivity contribution < 1.29 is 0 Å². The SMILES string of the molecule is CC(C)C(C1CCCCC1)C1CCCCN1.CC(C)C(c1ccccc1)C1CCCCN1.CC(C)C(c1ccccn1)C1CCCCN1. The van der Waals surface area contributed by atoms with Crippen molar-refractivity contribution in [3.8, 4) is 0 Å². The lowest BCUT2D eigenvalue weighted by Crippen LogP contribution is -2.45. The van der Waals surface area contributed by atoms with Gasteiger partial charge in [-0.3, -0.25) is 4.98 Å². The molecule has 0 spiro atoms. The smallest absolute Gasteiger partial charge is 0.0452 e. The van der Waals surface area contributed by atoms with Gasteiger partial charge in [0.25, 0.3) is 0 Å². The van der Waals surface area contributed by atoms with Crippen LogP contribution in [0.4, 0.5) is 0 Å². The van der Waals surface area contributed by atoms with E-state index in [9.17, 15) is 0 Å². The molecule has 1 aromatic carbocycles. The number of hydrogen-bond acceptors (Lipinski definition) is 4. The van der Waals surface area contributed by atoms with Crippen molar-refractivity contribution in [3.05, 3.63) is 66.0 Å². The van der Waals surface area contributed by atoms with Crippen LogP contribution in [0.15, 0.2) is 54.7 Å². The second-order valence-electron chi connectivity index (χ2n) is 16.6. The number of hydrogen-bond donors (Lipinski definition) is 3. The predicted molar refractivity (Wildman–Crippen MR) is 208 cm³/mol. The van der Waals surface area contributed by atoms with Crippen LogP contribution < -0.4 is 16.0 Å². The second-order valence-corrected chi connectivity index (χ2v) is 16.6. The van der Waals surface area contributed by atoms with Crippen molar-refractivity contribution in [3.63, 3.8) is 0 Å². The van der Waals surface area contributed by atoms with Gasteiger partial charge >= 0.3 is 0 Å². The first-order valence-electron chi connectivity index (χ1n) is 20.5. The van der Waals surface area contributed by atoms with E-state index in [1.807, 2.05) is 12.3 Å². The van der Waals surface area contributed by atoms with Crippen LogP contribution in [0.1, 0.15) is 155 Å². The molecule has 0 radical (unpaired) electrons. The fraction of sp³-hybridized carbons (Fsp3) is 0.750. The van der Waals surface area contributed by atoms with Crippen molar-refractivity contribution in [1.82, 2.24) is 20.9 Å². The number of rotatable bonds is 9. The van der Waals surface area contributed by atoms with Crippen LogP contribution in [-0.2, 0) is 0 Å². The molecule has 48 heavy (non-hydrogen) atoms. The fourth-order valence-corrected chi connectivity index (χ4v) is 9.78. The maximum Gasteiger partial charge on any atom is 0.0452 e. The first kappa shape index (κ1) is 39.0. The van der Waals surface area contributed by atoms with Gasteiger partial charge in [0.2, 0.25) is 0 Å². The van der Waals surface area contributed by atoms with Crippen LogP contribution in [0.2, 0.25) is 0 Å². The number of nitrogens with zero attached hydrogens (tertiary/aromatic N) is 1. The van der Waals surface area contributed by atoms with Crippen LogP contribution in [-0.4, -0.2) is 42.7 Å². The Morgan fingerprint density at radius 1 is 0.500 bits per heavy atom. The van der Waals surface area contributed by atoms with Gasteiger partial charge in [-0.15, -0.1) is 0 Å². The van der Waals surface area contributed by atoms with E-state index in [1.165, 1.54) is 121 Å². The van der Waals surface area contributed by atoms with E-state index in [0.29, 0.717) is 35.8 Å². The summed E-state index contributed by atoms with van der Waals surface area (Å²) in [5, 5.41) is 11.2. The molecule has 4 heteroatoms. The summed E-state index contributed by atoms with van der Waals surface area (Å²) < 4.78 is 0. The minimum Gasteiger partial charge on any atom is -0.314 e. The Balaban J connectivity index is 0.000000163. The third kappa shape index (κ3) is 12.2. The molecule has 1 saturated carbocycles. The first-order valence-corrected chi connectivity index (χ1v) is 20.5. The molecule has 4 fully saturated rings. The van der Waals surface area contributed by atoms with Crippen molar-refractivity contribution in [2.45, 2.75) is 161 Å². The number of aromatic nitrogens is 1. The largest absolute Gasteiger partial charge is 0.314 e. The van der Waals surface area contributed by atoms with Crippen molar-refractivity contribution in [1.29, 1.82) is 0 Å². The molecular weight excluding hydrogens is 585 g/mol. The lowest BCUT2D eigenvalue weighted by atomic mass is 9.70. The van der Waals surface area contributed by atoms with Gasteiger partial charge in [0, 0.05) is 41.9 Å². The molecule has 4 aliphatic rings. The van der Waals surface area contributed by atoms with Crippen LogP contribution in [0.25, 0.3) is 0 Å². The molecule has 3 aliphatic heterocycles. The molecule has 270 valence electrons. The number of pyridine rings is 1. The van der Waals surface area contributed by atoms with Crippen molar-refractivity contribution in [2.75, 3.05) is 19.6 Å². The molecule has 6 unspecified atom stereocenters. The molecule has 4 nitrogen and oxygen atoms in total. The Labute approximate surface area is 296 Å². The highest BCUT2D eigenvalue weighted by Gasteiger charge is 2.33. The molecule has 0 bridgehead atoms. The zero-order chi connectivity index (χ0) is 34.1. The summed E-state index contributed by atoms with van der Waals surface area (Å²) >= 11 is 0. The average Bonchev–Trinajstić information content (AvgIpc) is 3.12. The third-order valence-electron chi connectivity index (χ3n) is 12.0. The van der Waals surface area contributed by atoms with E-state index in [4.69, 9.17) is 0 Å². The number of nitrogens with one attached hydrogen (secondary N) is 3. The van der Waals surface area contributed by atoms with Gasteiger partial charge < -0.3 is 16.0 Å². The molecule has 3 N–H and O–H groups in total. The quantitative estimate of drug-likeness (QED) is 0.251. The van der Waals surface area contributed by atoms with E-state index >= 15 is 0 Å². The molecule has 3 saturated heterocycles. The molecule has 1 aliphatic carbocycles.